The predicted molar refractivity (Wildman–Crippen MR) is 154 cm³/mol. The first-order valence-electron chi connectivity index (χ1n) is 14.1. The number of aryl methyl sites for hydroxylation is 2. The van der Waals surface area contributed by atoms with Crippen LogP contribution in [0.5, 0.6) is 0 Å². The molecule has 4 atom stereocenters. The van der Waals surface area contributed by atoms with E-state index in [4.69, 9.17) is 4.74 Å². The van der Waals surface area contributed by atoms with Gasteiger partial charge in [-0.2, -0.15) is 0 Å². The molecule has 0 aromatic heterocycles. The molecule has 1 fully saturated rings. The average molecular weight is 536 g/mol. The van der Waals surface area contributed by atoms with Gasteiger partial charge in [0.05, 0.1) is 0 Å². The first kappa shape index (κ1) is 30.2. The number of alkyl carbamates (subject to hydrolysis) is 1. The fourth-order valence-corrected chi connectivity index (χ4v) is 4.81. The molecule has 1 saturated carbocycles. The molecule has 0 radical (unpaired) electrons. The Labute approximate surface area is 233 Å². The summed E-state index contributed by atoms with van der Waals surface area (Å²) in [5.74, 6) is -0.222. The maximum absolute atomic E-state index is 14.5. The van der Waals surface area contributed by atoms with E-state index in [2.05, 4.69) is 24.5 Å². The number of hydrogen-bond donors (Lipinski definition) is 2. The van der Waals surface area contributed by atoms with Crippen molar-refractivity contribution in [1.82, 2.24) is 15.5 Å². The zero-order chi connectivity index (χ0) is 28.7. The number of unbranched alkanes of at least 4 members (excludes halogenated alkanes) is 1. The summed E-state index contributed by atoms with van der Waals surface area (Å²) in [6.45, 7) is 14.0. The number of amides is 3. The van der Waals surface area contributed by atoms with Gasteiger partial charge in [-0.05, 0) is 70.1 Å². The minimum absolute atomic E-state index is 0.0990. The summed E-state index contributed by atoms with van der Waals surface area (Å²) >= 11 is 0. The number of carbonyl (C=O) groups is 3. The van der Waals surface area contributed by atoms with Crippen LogP contribution in [0.1, 0.15) is 82.2 Å². The van der Waals surface area contributed by atoms with Crippen molar-refractivity contribution >= 4 is 17.9 Å². The van der Waals surface area contributed by atoms with E-state index < -0.39 is 23.8 Å². The normalized spacial score (nSPS) is 18.0. The summed E-state index contributed by atoms with van der Waals surface area (Å²) in [6, 6.07) is 13.8. The summed E-state index contributed by atoms with van der Waals surface area (Å²) in [5, 5.41) is 5.92. The third-order valence-corrected chi connectivity index (χ3v) is 7.04. The number of rotatable bonds is 11. The first-order chi connectivity index (χ1) is 18.4. The molecular formula is C32H45N3O4. The Bertz CT molecular complexity index is 1140. The van der Waals surface area contributed by atoms with Crippen LogP contribution in [0.15, 0.2) is 48.5 Å². The maximum Gasteiger partial charge on any atom is 0.408 e. The molecule has 3 amide bonds. The maximum atomic E-state index is 14.5. The second kappa shape index (κ2) is 13.1. The SMILES string of the molecule is CCCCNC(=O)C(c1cc(C)ccc1C)N(C(=O)C(Cc1ccccc1)NC(=O)OC(C)(C)C)C1CC1C. The van der Waals surface area contributed by atoms with Crippen molar-refractivity contribution < 1.29 is 19.1 Å². The van der Waals surface area contributed by atoms with Crippen LogP contribution in [0.3, 0.4) is 0 Å². The molecule has 7 heteroatoms. The summed E-state index contributed by atoms with van der Waals surface area (Å²) < 4.78 is 5.53. The minimum atomic E-state index is -0.897. The zero-order valence-corrected chi connectivity index (χ0v) is 24.5. The molecule has 1 aliphatic carbocycles. The Balaban J connectivity index is 2.05. The number of nitrogens with one attached hydrogen (secondary N) is 2. The van der Waals surface area contributed by atoms with Gasteiger partial charge < -0.3 is 20.3 Å². The Kier molecular flexibility index (Phi) is 10.2. The van der Waals surface area contributed by atoms with Gasteiger partial charge in [0.25, 0.3) is 0 Å². The molecule has 2 aromatic carbocycles. The third kappa shape index (κ3) is 8.57. The smallest absolute Gasteiger partial charge is 0.408 e. The standard InChI is InChI=1S/C32H45N3O4/c1-8-9-17-33-29(36)28(25-18-21(2)15-16-22(25)3)35(27-19-23(27)4)30(37)26(20-24-13-11-10-12-14-24)34-31(38)39-32(5,6)7/h10-16,18,23,26-28H,8-9,17,19-20H2,1-7H3,(H,33,36)(H,34,38). The summed E-state index contributed by atoms with van der Waals surface area (Å²) in [6.07, 6.45) is 2.25. The molecule has 2 aromatic rings. The molecule has 39 heavy (non-hydrogen) atoms. The highest BCUT2D eigenvalue weighted by Crippen LogP contribution is 2.41. The van der Waals surface area contributed by atoms with Crippen molar-refractivity contribution in [3.8, 4) is 0 Å². The zero-order valence-electron chi connectivity index (χ0n) is 24.5. The van der Waals surface area contributed by atoms with E-state index in [1.807, 2.05) is 62.4 Å². The van der Waals surface area contributed by atoms with Gasteiger partial charge in [-0.15, -0.1) is 0 Å². The Hall–Kier alpha value is -3.35. The van der Waals surface area contributed by atoms with Crippen LogP contribution in [0.25, 0.3) is 0 Å². The van der Waals surface area contributed by atoms with E-state index in [9.17, 15) is 14.4 Å². The number of hydrogen-bond acceptors (Lipinski definition) is 4. The first-order valence-corrected chi connectivity index (χ1v) is 14.1. The van der Waals surface area contributed by atoms with Crippen molar-refractivity contribution in [2.45, 2.75) is 97.9 Å². The predicted octanol–water partition coefficient (Wildman–Crippen LogP) is 5.63. The lowest BCUT2D eigenvalue weighted by Crippen LogP contribution is -2.55. The monoisotopic (exact) mass is 535 g/mol. The second-order valence-electron chi connectivity index (χ2n) is 11.8. The lowest BCUT2D eigenvalue weighted by atomic mass is 9.95. The summed E-state index contributed by atoms with van der Waals surface area (Å²) in [5.41, 5.74) is 2.97. The lowest BCUT2D eigenvalue weighted by molar-refractivity contribution is -0.143. The topological polar surface area (TPSA) is 87.7 Å². The van der Waals surface area contributed by atoms with Gasteiger partial charge in [0.1, 0.15) is 17.7 Å². The molecule has 4 unspecified atom stereocenters. The highest BCUT2D eigenvalue weighted by molar-refractivity contribution is 5.93. The van der Waals surface area contributed by atoms with Gasteiger partial charge in [0, 0.05) is 19.0 Å². The second-order valence-corrected chi connectivity index (χ2v) is 11.8. The van der Waals surface area contributed by atoms with Gasteiger partial charge >= 0.3 is 6.09 Å². The van der Waals surface area contributed by atoms with E-state index >= 15 is 0 Å². The van der Waals surface area contributed by atoms with Crippen LogP contribution in [0, 0.1) is 19.8 Å². The van der Waals surface area contributed by atoms with Crippen LogP contribution < -0.4 is 10.6 Å². The van der Waals surface area contributed by atoms with Crippen molar-refractivity contribution in [3.05, 3.63) is 70.8 Å². The fraction of sp³-hybridized carbons (Fsp3) is 0.531. The minimum Gasteiger partial charge on any atom is -0.444 e. The molecule has 3 rings (SSSR count). The molecule has 0 bridgehead atoms. The van der Waals surface area contributed by atoms with Crippen LogP contribution in [0.2, 0.25) is 0 Å². The summed E-state index contributed by atoms with van der Waals surface area (Å²) in [7, 11) is 0. The highest BCUT2D eigenvalue weighted by Gasteiger charge is 2.48. The lowest BCUT2D eigenvalue weighted by Gasteiger charge is -2.36. The Morgan fingerprint density at radius 2 is 1.74 bits per heavy atom. The molecule has 0 saturated heterocycles. The largest absolute Gasteiger partial charge is 0.444 e. The molecule has 1 aliphatic rings. The van der Waals surface area contributed by atoms with Crippen molar-refractivity contribution in [2.75, 3.05) is 6.54 Å². The van der Waals surface area contributed by atoms with Crippen molar-refractivity contribution in [3.63, 3.8) is 0 Å². The molecular weight excluding hydrogens is 490 g/mol. The third-order valence-electron chi connectivity index (χ3n) is 7.04. The Morgan fingerprint density at radius 1 is 1.08 bits per heavy atom. The van der Waals surface area contributed by atoms with Gasteiger partial charge in [-0.1, -0.05) is 74.4 Å². The molecule has 2 N–H and O–H groups in total. The van der Waals surface area contributed by atoms with Crippen molar-refractivity contribution in [1.29, 1.82) is 0 Å². The van der Waals surface area contributed by atoms with E-state index in [0.29, 0.717) is 6.54 Å². The van der Waals surface area contributed by atoms with E-state index in [1.165, 1.54) is 0 Å². The fourth-order valence-electron chi connectivity index (χ4n) is 4.81. The van der Waals surface area contributed by atoms with Crippen molar-refractivity contribution in [2.24, 2.45) is 5.92 Å². The van der Waals surface area contributed by atoms with Crippen LogP contribution in [-0.2, 0) is 20.7 Å². The van der Waals surface area contributed by atoms with Crippen LogP contribution in [-0.4, -0.2) is 47.0 Å². The number of benzene rings is 2. The van der Waals surface area contributed by atoms with E-state index in [0.717, 1.165) is 41.5 Å². The van der Waals surface area contributed by atoms with Gasteiger partial charge in [-0.25, -0.2) is 4.79 Å². The number of ether oxygens (including phenoxy) is 1. The molecule has 0 aliphatic heterocycles. The molecule has 7 nitrogen and oxygen atoms in total. The molecule has 0 spiro atoms. The van der Waals surface area contributed by atoms with Gasteiger partial charge in [0.15, 0.2) is 0 Å². The van der Waals surface area contributed by atoms with E-state index in [-0.39, 0.29) is 30.2 Å². The summed E-state index contributed by atoms with van der Waals surface area (Å²) in [4.78, 5) is 43.0. The molecule has 0 heterocycles. The number of nitrogens with zero attached hydrogens (tertiary/aromatic N) is 1. The van der Waals surface area contributed by atoms with Crippen LogP contribution in [0.4, 0.5) is 4.79 Å². The van der Waals surface area contributed by atoms with Gasteiger partial charge in [0.2, 0.25) is 11.8 Å². The van der Waals surface area contributed by atoms with E-state index in [1.54, 1.807) is 25.7 Å². The highest BCUT2D eigenvalue weighted by atomic mass is 16.6. The van der Waals surface area contributed by atoms with Crippen LogP contribution >= 0.6 is 0 Å². The quantitative estimate of drug-likeness (QED) is 0.365. The molecule has 212 valence electrons. The number of carbonyl (C=O) groups excluding carboxylic acids is 3. The Morgan fingerprint density at radius 3 is 2.33 bits per heavy atom. The van der Waals surface area contributed by atoms with Gasteiger partial charge in [-0.3, -0.25) is 9.59 Å². The average Bonchev–Trinajstić information content (AvgIpc) is 3.58.